The normalized spacial score (nSPS) is 14.4. The number of amides is 1. The fourth-order valence-electron chi connectivity index (χ4n) is 2.24. The molecule has 0 aliphatic carbocycles. The van der Waals surface area contributed by atoms with E-state index in [0.717, 1.165) is 17.1 Å². The van der Waals surface area contributed by atoms with Gasteiger partial charge >= 0.3 is 0 Å². The van der Waals surface area contributed by atoms with Gasteiger partial charge in [-0.2, -0.15) is 0 Å². The Hall–Kier alpha value is -2.56. The molecule has 2 aromatic rings. The van der Waals surface area contributed by atoms with Crippen LogP contribution >= 0.6 is 0 Å². The van der Waals surface area contributed by atoms with Gasteiger partial charge in [0.15, 0.2) is 0 Å². The molecule has 5 heteroatoms. The van der Waals surface area contributed by atoms with E-state index in [9.17, 15) is 4.79 Å². The molecule has 1 aliphatic rings. The summed E-state index contributed by atoms with van der Waals surface area (Å²) in [7, 11) is 0. The predicted molar refractivity (Wildman–Crippen MR) is 76.4 cm³/mol. The van der Waals surface area contributed by atoms with E-state index in [-0.39, 0.29) is 5.91 Å². The van der Waals surface area contributed by atoms with Crippen LogP contribution in [0.1, 0.15) is 12.1 Å². The largest absolute Gasteiger partial charge is 0.491 e. The molecule has 0 saturated heterocycles. The van der Waals surface area contributed by atoms with Gasteiger partial charge in [0, 0.05) is 11.9 Å². The molecule has 0 fully saturated rings. The molecular weight excluding hydrogens is 254 g/mol. The molecule has 1 aliphatic heterocycles. The van der Waals surface area contributed by atoms with Crippen LogP contribution in [0.15, 0.2) is 42.6 Å². The van der Waals surface area contributed by atoms with Gasteiger partial charge in [-0.15, -0.1) is 0 Å². The van der Waals surface area contributed by atoms with Crippen LogP contribution in [0.25, 0.3) is 0 Å². The molecule has 3 rings (SSSR count). The summed E-state index contributed by atoms with van der Waals surface area (Å²) in [4.78, 5) is 18.2. The standard InChI is InChI=1S/C15H15N3O2/c16-11-5-7-17-12(9-11)10-18-13-3-1-2-4-14(13)20-8-6-15(18)19/h1-5,7,9H,6,8,10H2,(H2,16,17). The number of benzene rings is 1. The van der Waals surface area contributed by atoms with Crippen molar-refractivity contribution in [2.75, 3.05) is 17.2 Å². The highest BCUT2D eigenvalue weighted by molar-refractivity contribution is 5.95. The molecule has 0 saturated carbocycles. The third kappa shape index (κ3) is 2.42. The van der Waals surface area contributed by atoms with Crippen LogP contribution in [0.3, 0.4) is 0 Å². The number of carbonyl (C=O) groups excluding carboxylic acids is 1. The Morgan fingerprint density at radius 1 is 1.30 bits per heavy atom. The van der Waals surface area contributed by atoms with Crippen molar-refractivity contribution < 1.29 is 9.53 Å². The van der Waals surface area contributed by atoms with E-state index in [2.05, 4.69) is 4.98 Å². The number of anilines is 2. The second-order valence-electron chi connectivity index (χ2n) is 4.63. The Bertz CT molecular complexity index is 643. The van der Waals surface area contributed by atoms with E-state index in [1.165, 1.54) is 0 Å². The van der Waals surface area contributed by atoms with Gasteiger partial charge in [-0.25, -0.2) is 0 Å². The molecule has 0 spiro atoms. The van der Waals surface area contributed by atoms with E-state index in [4.69, 9.17) is 10.5 Å². The zero-order valence-corrected chi connectivity index (χ0v) is 11.0. The van der Waals surface area contributed by atoms with Gasteiger partial charge < -0.3 is 15.4 Å². The Balaban J connectivity index is 1.96. The van der Waals surface area contributed by atoms with Crippen molar-refractivity contribution in [2.24, 2.45) is 0 Å². The lowest BCUT2D eigenvalue weighted by atomic mass is 10.2. The van der Waals surface area contributed by atoms with Gasteiger partial charge in [0.2, 0.25) is 5.91 Å². The molecule has 1 aromatic heterocycles. The van der Waals surface area contributed by atoms with Crippen LogP contribution in [0.4, 0.5) is 11.4 Å². The SMILES string of the molecule is Nc1ccnc(CN2C(=O)CCOc3ccccc32)c1. The summed E-state index contributed by atoms with van der Waals surface area (Å²) >= 11 is 0. The molecule has 2 heterocycles. The Morgan fingerprint density at radius 3 is 3.00 bits per heavy atom. The highest BCUT2D eigenvalue weighted by Gasteiger charge is 2.23. The van der Waals surface area contributed by atoms with Gasteiger partial charge in [-0.05, 0) is 24.3 Å². The van der Waals surface area contributed by atoms with Crippen molar-refractivity contribution >= 4 is 17.3 Å². The fourth-order valence-corrected chi connectivity index (χ4v) is 2.24. The Kier molecular flexibility index (Phi) is 3.25. The molecule has 0 bridgehead atoms. The number of nitrogens with zero attached hydrogens (tertiary/aromatic N) is 2. The first-order chi connectivity index (χ1) is 9.74. The maximum Gasteiger partial charge on any atom is 0.230 e. The summed E-state index contributed by atoms with van der Waals surface area (Å²) in [6.45, 7) is 0.793. The zero-order chi connectivity index (χ0) is 13.9. The molecule has 5 nitrogen and oxygen atoms in total. The van der Waals surface area contributed by atoms with Crippen LogP contribution < -0.4 is 15.4 Å². The molecule has 1 amide bonds. The van der Waals surface area contributed by atoms with E-state index in [0.29, 0.717) is 25.3 Å². The Labute approximate surface area is 117 Å². The maximum absolute atomic E-state index is 12.3. The smallest absolute Gasteiger partial charge is 0.230 e. The van der Waals surface area contributed by atoms with Crippen LogP contribution in [0.5, 0.6) is 5.75 Å². The van der Waals surface area contributed by atoms with E-state index >= 15 is 0 Å². The number of rotatable bonds is 2. The van der Waals surface area contributed by atoms with Crippen molar-refractivity contribution in [1.82, 2.24) is 4.98 Å². The summed E-state index contributed by atoms with van der Waals surface area (Å²) in [6, 6.07) is 11.0. The van der Waals surface area contributed by atoms with Crippen LogP contribution in [-0.2, 0) is 11.3 Å². The number of hydrogen-bond acceptors (Lipinski definition) is 4. The van der Waals surface area contributed by atoms with Crippen LogP contribution in [-0.4, -0.2) is 17.5 Å². The Morgan fingerprint density at radius 2 is 2.15 bits per heavy atom. The average molecular weight is 269 g/mol. The molecule has 0 atom stereocenters. The molecular formula is C15H15N3O2. The predicted octanol–water partition coefficient (Wildman–Crippen LogP) is 1.98. The molecule has 20 heavy (non-hydrogen) atoms. The number of nitrogens with two attached hydrogens (primary N) is 1. The first-order valence-corrected chi connectivity index (χ1v) is 6.46. The third-order valence-electron chi connectivity index (χ3n) is 3.19. The molecule has 102 valence electrons. The number of fused-ring (bicyclic) bond motifs is 1. The quantitative estimate of drug-likeness (QED) is 0.905. The molecule has 1 aromatic carbocycles. The van der Waals surface area contributed by atoms with Crippen molar-refractivity contribution in [1.29, 1.82) is 0 Å². The second-order valence-corrected chi connectivity index (χ2v) is 4.63. The number of para-hydroxylation sites is 2. The first kappa shape index (κ1) is 12.5. The summed E-state index contributed by atoms with van der Waals surface area (Å²) in [5.74, 6) is 0.751. The van der Waals surface area contributed by atoms with Crippen LogP contribution in [0, 0.1) is 0 Å². The fraction of sp³-hybridized carbons (Fsp3) is 0.200. The maximum atomic E-state index is 12.3. The van der Waals surface area contributed by atoms with Gasteiger partial charge in [0.1, 0.15) is 5.75 Å². The lowest BCUT2D eigenvalue weighted by molar-refractivity contribution is -0.118. The molecule has 2 N–H and O–H groups in total. The number of ether oxygens (including phenoxy) is 1. The minimum Gasteiger partial charge on any atom is -0.491 e. The minimum absolute atomic E-state index is 0.0270. The number of hydrogen-bond donors (Lipinski definition) is 1. The van der Waals surface area contributed by atoms with E-state index < -0.39 is 0 Å². The summed E-state index contributed by atoms with van der Waals surface area (Å²) in [5.41, 5.74) is 7.93. The lowest BCUT2D eigenvalue weighted by Crippen LogP contribution is -2.30. The first-order valence-electron chi connectivity index (χ1n) is 6.46. The summed E-state index contributed by atoms with van der Waals surface area (Å²) in [6.07, 6.45) is 2.01. The third-order valence-corrected chi connectivity index (χ3v) is 3.19. The van der Waals surface area contributed by atoms with Crippen molar-refractivity contribution in [3.63, 3.8) is 0 Å². The van der Waals surface area contributed by atoms with E-state index in [1.54, 1.807) is 23.2 Å². The monoisotopic (exact) mass is 269 g/mol. The highest BCUT2D eigenvalue weighted by Crippen LogP contribution is 2.31. The summed E-state index contributed by atoms with van der Waals surface area (Å²) < 4.78 is 5.60. The van der Waals surface area contributed by atoms with Gasteiger partial charge in [0.05, 0.1) is 31.0 Å². The van der Waals surface area contributed by atoms with Crippen LogP contribution in [0.2, 0.25) is 0 Å². The topological polar surface area (TPSA) is 68.5 Å². The second kappa shape index (κ2) is 5.21. The van der Waals surface area contributed by atoms with Crippen molar-refractivity contribution in [2.45, 2.75) is 13.0 Å². The summed E-state index contributed by atoms with van der Waals surface area (Å²) in [5, 5.41) is 0. The lowest BCUT2D eigenvalue weighted by Gasteiger charge is -2.21. The average Bonchev–Trinajstić information content (AvgIpc) is 2.59. The molecule has 0 unspecified atom stereocenters. The number of pyridine rings is 1. The van der Waals surface area contributed by atoms with Crippen molar-refractivity contribution in [3.05, 3.63) is 48.3 Å². The van der Waals surface area contributed by atoms with Gasteiger partial charge in [-0.1, -0.05) is 12.1 Å². The van der Waals surface area contributed by atoms with Gasteiger partial charge in [-0.3, -0.25) is 9.78 Å². The van der Waals surface area contributed by atoms with Crippen molar-refractivity contribution in [3.8, 4) is 5.75 Å². The number of aromatic nitrogens is 1. The number of nitrogen functional groups attached to an aromatic ring is 1. The minimum atomic E-state index is 0.0270. The number of carbonyl (C=O) groups is 1. The van der Waals surface area contributed by atoms with Gasteiger partial charge in [0.25, 0.3) is 0 Å². The highest BCUT2D eigenvalue weighted by atomic mass is 16.5. The zero-order valence-electron chi connectivity index (χ0n) is 11.0. The van der Waals surface area contributed by atoms with E-state index in [1.807, 2.05) is 24.3 Å². The molecule has 0 radical (unpaired) electrons.